The van der Waals surface area contributed by atoms with Gasteiger partial charge >= 0.3 is 0 Å². The molecule has 1 saturated heterocycles. The third-order valence-electron chi connectivity index (χ3n) is 3.88. The van der Waals surface area contributed by atoms with Gasteiger partial charge in [-0.15, -0.1) is 0 Å². The third-order valence-corrected chi connectivity index (χ3v) is 3.88. The number of piperidine rings is 1. The fourth-order valence-electron chi connectivity index (χ4n) is 2.75. The van der Waals surface area contributed by atoms with Crippen LogP contribution in [-0.4, -0.2) is 35.3 Å². The van der Waals surface area contributed by atoms with Crippen molar-refractivity contribution in [3.8, 4) is 5.75 Å². The molecule has 0 amide bonds. The van der Waals surface area contributed by atoms with Gasteiger partial charge in [-0.05, 0) is 32.8 Å². The number of aliphatic hydroxyl groups excluding tert-OH is 1. The van der Waals surface area contributed by atoms with Crippen LogP contribution in [0.5, 0.6) is 5.75 Å². The number of hydrogen-bond acceptors (Lipinski definition) is 3. The summed E-state index contributed by atoms with van der Waals surface area (Å²) in [7, 11) is 1.71. The Kier molecular flexibility index (Phi) is 3.93. The first-order valence-electron chi connectivity index (χ1n) is 6.58. The number of methoxy groups -OCH3 is 1. The highest BCUT2D eigenvalue weighted by Gasteiger charge is 2.34. The fourth-order valence-corrected chi connectivity index (χ4v) is 2.75. The maximum atomic E-state index is 9.78. The predicted molar refractivity (Wildman–Crippen MR) is 72.7 cm³/mol. The summed E-state index contributed by atoms with van der Waals surface area (Å²) in [6, 6.07) is 8.15. The van der Waals surface area contributed by atoms with Crippen LogP contribution in [0.2, 0.25) is 0 Å². The molecule has 1 aliphatic rings. The second kappa shape index (κ2) is 5.29. The van der Waals surface area contributed by atoms with Crippen molar-refractivity contribution in [2.24, 2.45) is 0 Å². The van der Waals surface area contributed by atoms with Gasteiger partial charge in [0.25, 0.3) is 0 Å². The van der Waals surface area contributed by atoms with Gasteiger partial charge in [0.2, 0.25) is 0 Å². The average Bonchev–Trinajstić information content (AvgIpc) is 2.32. The quantitative estimate of drug-likeness (QED) is 0.893. The lowest BCUT2D eigenvalue weighted by Gasteiger charge is -2.44. The Morgan fingerprint density at radius 2 is 2.11 bits per heavy atom. The highest BCUT2D eigenvalue weighted by atomic mass is 16.5. The van der Waals surface area contributed by atoms with E-state index in [1.807, 2.05) is 18.2 Å². The lowest BCUT2D eigenvalue weighted by molar-refractivity contribution is -0.00746. The second-order valence-electron chi connectivity index (χ2n) is 5.69. The Bertz CT molecular complexity index is 403. The zero-order valence-electron chi connectivity index (χ0n) is 11.5. The van der Waals surface area contributed by atoms with Gasteiger partial charge in [0, 0.05) is 24.2 Å². The smallest absolute Gasteiger partial charge is 0.123 e. The van der Waals surface area contributed by atoms with Crippen LogP contribution < -0.4 is 4.74 Å². The van der Waals surface area contributed by atoms with Gasteiger partial charge in [-0.3, -0.25) is 4.90 Å². The van der Waals surface area contributed by atoms with Crippen LogP contribution in [0.15, 0.2) is 24.3 Å². The molecule has 18 heavy (non-hydrogen) atoms. The summed E-state index contributed by atoms with van der Waals surface area (Å²) in [4.78, 5) is 2.43. The standard InChI is InChI=1S/C15H23NO2/c1-15(2)10-13(17)8-9-16(15)11-12-6-4-5-7-14(12)18-3/h4-7,13,17H,8-11H2,1-3H3. The first-order valence-corrected chi connectivity index (χ1v) is 6.58. The Morgan fingerprint density at radius 1 is 1.39 bits per heavy atom. The number of nitrogens with zero attached hydrogens (tertiary/aromatic N) is 1. The Hall–Kier alpha value is -1.06. The zero-order valence-corrected chi connectivity index (χ0v) is 11.5. The zero-order chi connectivity index (χ0) is 13.2. The average molecular weight is 249 g/mol. The van der Waals surface area contributed by atoms with E-state index < -0.39 is 0 Å². The molecule has 1 aliphatic heterocycles. The summed E-state index contributed by atoms with van der Waals surface area (Å²) in [5.74, 6) is 0.944. The van der Waals surface area contributed by atoms with Gasteiger partial charge in [-0.25, -0.2) is 0 Å². The van der Waals surface area contributed by atoms with E-state index in [1.165, 1.54) is 5.56 Å². The van der Waals surface area contributed by atoms with Crippen molar-refractivity contribution in [2.75, 3.05) is 13.7 Å². The first kappa shape index (κ1) is 13.4. The minimum atomic E-state index is -0.158. The highest BCUT2D eigenvalue weighted by Crippen LogP contribution is 2.31. The fraction of sp³-hybridized carbons (Fsp3) is 0.600. The number of para-hydroxylation sites is 1. The van der Waals surface area contributed by atoms with Crippen molar-refractivity contribution < 1.29 is 9.84 Å². The van der Waals surface area contributed by atoms with Gasteiger partial charge < -0.3 is 9.84 Å². The molecule has 3 nitrogen and oxygen atoms in total. The molecule has 100 valence electrons. The summed E-state index contributed by atoms with van der Waals surface area (Å²) in [5.41, 5.74) is 1.25. The highest BCUT2D eigenvalue weighted by molar-refractivity contribution is 5.33. The molecule has 1 N–H and O–H groups in total. The minimum Gasteiger partial charge on any atom is -0.496 e. The van der Waals surface area contributed by atoms with E-state index in [4.69, 9.17) is 4.74 Å². The van der Waals surface area contributed by atoms with E-state index in [2.05, 4.69) is 24.8 Å². The molecule has 0 bridgehead atoms. The molecule has 2 rings (SSSR count). The summed E-state index contributed by atoms with van der Waals surface area (Å²) in [6.07, 6.45) is 1.54. The van der Waals surface area contributed by atoms with Crippen LogP contribution in [0.25, 0.3) is 0 Å². The lowest BCUT2D eigenvalue weighted by Crippen LogP contribution is -2.50. The van der Waals surface area contributed by atoms with E-state index in [9.17, 15) is 5.11 Å². The van der Waals surface area contributed by atoms with Crippen molar-refractivity contribution in [1.82, 2.24) is 4.90 Å². The predicted octanol–water partition coefficient (Wildman–Crippen LogP) is 2.43. The number of rotatable bonds is 3. The number of benzene rings is 1. The summed E-state index contributed by atoms with van der Waals surface area (Å²) in [6.45, 7) is 6.21. The molecule has 1 fully saturated rings. The van der Waals surface area contributed by atoms with E-state index >= 15 is 0 Å². The molecule has 0 saturated carbocycles. The Morgan fingerprint density at radius 3 is 2.78 bits per heavy atom. The van der Waals surface area contributed by atoms with E-state index in [-0.39, 0.29) is 11.6 Å². The number of likely N-dealkylation sites (tertiary alicyclic amines) is 1. The van der Waals surface area contributed by atoms with Crippen LogP contribution in [-0.2, 0) is 6.54 Å². The van der Waals surface area contributed by atoms with Gasteiger partial charge in [-0.2, -0.15) is 0 Å². The normalized spacial score (nSPS) is 23.9. The van der Waals surface area contributed by atoms with Crippen molar-refractivity contribution in [3.63, 3.8) is 0 Å². The number of ether oxygens (including phenoxy) is 1. The number of aliphatic hydroxyl groups is 1. The Labute approximate surface area is 109 Å². The molecule has 3 heteroatoms. The molecular formula is C15H23NO2. The van der Waals surface area contributed by atoms with E-state index in [0.29, 0.717) is 0 Å². The number of hydrogen-bond donors (Lipinski definition) is 1. The summed E-state index contributed by atoms with van der Waals surface area (Å²) < 4.78 is 5.40. The third kappa shape index (κ3) is 2.85. The van der Waals surface area contributed by atoms with Gasteiger partial charge in [0.1, 0.15) is 5.75 Å². The summed E-state index contributed by atoms with van der Waals surface area (Å²) >= 11 is 0. The van der Waals surface area contributed by atoms with E-state index in [1.54, 1.807) is 7.11 Å². The molecule has 1 aromatic rings. The second-order valence-corrected chi connectivity index (χ2v) is 5.69. The van der Waals surface area contributed by atoms with Gasteiger partial charge in [0.05, 0.1) is 13.2 Å². The topological polar surface area (TPSA) is 32.7 Å². The molecule has 1 unspecified atom stereocenters. The van der Waals surface area contributed by atoms with Gasteiger partial charge in [0.15, 0.2) is 0 Å². The van der Waals surface area contributed by atoms with Crippen LogP contribution in [0.3, 0.4) is 0 Å². The lowest BCUT2D eigenvalue weighted by atomic mass is 9.88. The molecule has 1 atom stereocenters. The van der Waals surface area contributed by atoms with Crippen molar-refractivity contribution >= 4 is 0 Å². The molecular weight excluding hydrogens is 226 g/mol. The SMILES string of the molecule is COc1ccccc1CN1CCC(O)CC1(C)C. The summed E-state index contributed by atoms with van der Waals surface area (Å²) in [5, 5.41) is 9.78. The largest absolute Gasteiger partial charge is 0.496 e. The molecule has 0 spiro atoms. The molecule has 1 aromatic carbocycles. The van der Waals surface area contributed by atoms with Crippen molar-refractivity contribution in [2.45, 2.75) is 44.9 Å². The van der Waals surface area contributed by atoms with Crippen molar-refractivity contribution in [3.05, 3.63) is 29.8 Å². The van der Waals surface area contributed by atoms with Crippen LogP contribution in [0.1, 0.15) is 32.3 Å². The van der Waals surface area contributed by atoms with Crippen LogP contribution >= 0.6 is 0 Å². The first-order chi connectivity index (χ1) is 8.53. The molecule has 0 aliphatic carbocycles. The Balaban J connectivity index is 2.13. The maximum absolute atomic E-state index is 9.78. The van der Waals surface area contributed by atoms with Crippen molar-refractivity contribution in [1.29, 1.82) is 0 Å². The van der Waals surface area contributed by atoms with Gasteiger partial charge in [-0.1, -0.05) is 18.2 Å². The molecule has 1 heterocycles. The van der Waals surface area contributed by atoms with Crippen LogP contribution in [0, 0.1) is 0 Å². The molecule has 0 aromatic heterocycles. The van der Waals surface area contributed by atoms with Crippen LogP contribution in [0.4, 0.5) is 0 Å². The minimum absolute atomic E-state index is 0.0402. The maximum Gasteiger partial charge on any atom is 0.123 e. The monoisotopic (exact) mass is 249 g/mol. The molecule has 0 radical (unpaired) electrons. The van der Waals surface area contributed by atoms with E-state index in [0.717, 1.165) is 31.7 Å².